The van der Waals surface area contributed by atoms with Crippen LogP contribution in [-0.2, 0) is 12.8 Å². The van der Waals surface area contributed by atoms with E-state index < -0.39 is 0 Å². The molecule has 0 saturated carbocycles. The van der Waals surface area contributed by atoms with Crippen LogP contribution in [0.25, 0.3) is 0 Å². The van der Waals surface area contributed by atoms with Crippen molar-refractivity contribution in [2.45, 2.75) is 39.5 Å². The smallest absolute Gasteiger partial charge is 0.176 e. The van der Waals surface area contributed by atoms with Crippen molar-refractivity contribution in [1.82, 2.24) is 4.98 Å². The molecule has 1 aromatic carbocycles. The van der Waals surface area contributed by atoms with E-state index in [4.69, 9.17) is 12.2 Å². The molecule has 1 heterocycles. The fraction of sp³-hybridized carbons (Fsp3) is 0.375. The average Bonchev–Trinajstić information content (AvgIpc) is 2.93. The first kappa shape index (κ1) is 15.9. The lowest BCUT2D eigenvalue weighted by Crippen LogP contribution is -2.20. The van der Waals surface area contributed by atoms with Crippen LogP contribution in [0.2, 0.25) is 0 Å². The zero-order valence-corrected chi connectivity index (χ0v) is 14.1. The number of aromatic nitrogens is 1. The Labute approximate surface area is 135 Å². The van der Waals surface area contributed by atoms with Gasteiger partial charge in [-0.3, -0.25) is 0 Å². The fourth-order valence-corrected chi connectivity index (χ4v) is 3.02. The zero-order valence-electron chi connectivity index (χ0n) is 12.5. The largest absolute Gasteiger partial charge is 0.332 e. The lowest BCUT2D eigenvalue weighted by Gasteiger charge is -2.12. The molecule has 5 heteroatoms. The Balaban J connectivity index is 1.93. The van der Waals surface area contributed by atoms with E-state index in [1.807, 2.05) is 23.6 Å². The molecule has 0 bridgehead atoms. The quantitative estimate of drug-likeness (QED) is 0.746. The second-order valence-corrected chi connectivity index (χ2v) is 6.17. The number of unbranched alkanes of at least 4 members (excludes halogenated alkanes) is 1. The summed E-state index contributed by atoms with van der Waals surface area (Å²) in [6, 6.07) is 8.20. The highest BCUT2D eigenvalue weighted by atomic mass is 32.1. The van der Waals surface area contributed by atoms with Crippen molar-refractivity contribution in [2.75, 3.05) is 10.6 Å². The van der Waals surface area contributed by atoms with Crippen molar-refractivity contribution in [3.8, 4) is 0 Å². The van der Waals surface area contributed by atoms with Crippen molar-refractivity contribution in [3.63, 3.8) is 0 Å². The molecular formula is C16H21N3S2. The van der Waals surface area contributed by atoms with E-state index in [0.29, 0.717) is 5.11 Å². The third-order valence-corrected chi connectivity index (χ3v) is 4.30. The number of hydrogen-bond donors (Lipinski definition) is 2. The van der Waals surface area contributed by atoms with Gasteiger partial charge in [0, 0.05) is 11.1 Å². The highest BCUT2D eigenvalue weighted by molar-refractivity contribution is 7.80. The molecule has 0 saturated heterocycles. The first-order valence-corrected chi connectivity index (χ1v) is 8.62. The maximum Gasteiger partial charge on any atom is 0.176 e. The van der Waals surface area contributed by atoms with E-state index in [9.17, 15) is 0 Å². The summed E-state index contributed by atoms with van der Waals surface area (Å²) in [5.74, 6) is 0.831. The maximum atomic E-state index is 5.36. The minimum Gasteiger partial charge on any atom is -0.332 e. The Morgan fingerprint density at radius 2 is 2.05 bits per heavy atom. The Bertz CT molecular complexity index is 593. The van der Waals surface area contributed by atoms with Gasteiger partial charge in [-0.05, 0) is 43.1 Å². The molecule has 0 spiro atoms. The van der Waals surface area contributed by atoms with E-state index in [1.165, 1.54) is 18.4 Å². The van der Waals surface area contributed by atoms with Gasteiger partial charge in [0.15, 0.2) is 5.11 Å². The lowest BCUT2D eigenvalue weighted by molar-refractivity contribution is 0.790. The van der Waals surface area contributed by atoms with Gasteiger partial charge in [-0.25, -0.2) is 4.98 Å². The number of thiazole rings is 1. The maximum absolute atomic E-state index is 5.36. The van der Waals surface area contributed by atoms with E-state index in [1.54, 1.807) is 11.3 Å². The molecule has 0 aliphatic rings. The average molecular weight is 319 g/mol. The van der Waals surface area contributed by atoms with Crippen LogP contribution >= 0.6 is 23.6 Å². The topological polar surface area (TPSA) is 37.0 Å². The molecule has 112 valence electrons. The highest BCUT2D eigenvalue weighted by Crippen LogP contribution is 2.18. The number of anilines is 2. The molecule has 21 heavy (non-hydrogen) atoms. The summed E-state index contributed by atoms with van der Waals surface area (Å²) in [6.45, 7) is 4.33. The van der Waals surface area contributed by atoms with Gasteiger partial charge in [-0.2, -0.15) is 0 Å². The van der Waals surface area contributed by atoms with Crippen LogP contribution in [0.5, 0.6) is 0 Å². The van der Waals surface area contributed by atoms with Gasteiger partial charge in [-0.1, -0.05) is 38.5 Å². The van der Waals surface area contributed by atoms with Crippen LogP contribution in [0, 0.1) is 0 Å². The molecule has 0 radical (unpaired) electrons. The summed E-state index contributed by atoms with van der Waals surface area (Å²) in [4.78, 5) is 4.55. The number of thiocarbonyl (C=S) groups is 1. The van der Waals surface area contributed by atoms with E-state index in [2.05, 4.69) is 35.5 Å². The lowest BCUT2D eigenvalue weighted by atomic mass is 10.1. The molecule has 2 rings (SSSR count). The summed E-state index contributed by atoms with van der Waals surface area (Å²) in [5, 5.41) is 10.2. The van der Waals surface area contributed by atoms with Crippen molar-refractivity contribution < 1.29 is 0 Å². The van der Waals surface area contributed by atoms with Crippen molar-refractivity contribution >= 4 is 40.2 Å². The molecule has 0 amide bonds. The Kier molecular flexibility index (Phi) is 6.14. The van der Waals surface area contributed by atoms with Crippen LogP contribution in [0.15, 0.2) is 29.6 Å². The number of rotatable bonds is 6. The summed E-state index contributed by atoms with van der Waals surface area (Å²) >= 11 is 7.05. The number of benzene rings is 1. The predicted octanol–water partition coefficient (Wildman–Crippen LogP) is 4.86. The normalized spacial score (nSPS) is 10.4. The number of hydrogen-bond acceptors (Lipinski definition) is 3. The number of nitrogens with one attached hydrogen (secondary N) is 2. The predicted molar refractivity (Wildman–Crippen MR) is 96.4 cm³/mol. The van der Waals surface area contributed by atoms with Gasteiger partial charge in [-0.15, -0.1) is 11.3 Å². The molecule has 2 N–H and O–H groups in total. The monoisotopic (exact) mass is 319 g/mol. The number of para-hydroxylation sites is 1. The molecule has 0 aliphatic heterocycles. The molecule has 0 atom stereocenters. The van der Waals surface area contributed by atoms with Gasteiger partial charge in [0.25, 0.3) is 0 Å². The summed E-state index contributed by atoms with van der Waals surface area (Å²) in [5.41, 5.74) is 2.31. The molecule has 0 unspecified atom stereocenters. The third kappa shape index (κ3) is 4.79. The van der Waals surface area contributed by atoms with Crippen LogP contribution in [0.1, 0.15) is 37.3 Å². The van der Waals surface area contributed by atoms with Crippen molar-refractivity contribution in [3.05, 3.63) is 40.2 Å². The summed E-state index contributed by atoms with van der Waals surface area (Å²) in [6.07, 6.45) is 4.39. The van der Waals surface area contributed by atoms with Crippen LogP contribution < -0.4 is 10.6 Å². The zero-order chi connectivity index (χ0) is 15.1. The van der Waals surface area contributed by atoms with Crippen molar-refractivity contribution in [1.29, 1.82) is 0 Å². The van der Waals surface area contributed by atoms with Gasteiger partial charge in [0.1, 0.15) is 5.82 Å². The van der Waals surface area contributed by atoms with E-state index >= 15 is 0 Å². The Hall–Kier alpha value is -1.46. The minimum absolute atomic E-state index is 0.586. The van der Waals surface area contributed by atoms with Gasteiger partial charge in [0.05, 0.1) is 5.01 Å². The highest BCUT2D eigenvalue weighted by Gasteiger charge is 2.05. The van der Waals surface area contributed by atoms with E-state index in [0.717, 1.165) is 29.4 Å². The Morgan fingerprint density at radius 3 is 2.81 bits per heavy atom. The standard InChI is InChI=1S/C16H21N3S2/c1-3-5-10-15-18-14(11-21-15)19-16(20)17-13-9-7-6-8-12(13)4-2/h6-9,11H,3-5,10H2,1-2H3,(H2,17,19,20). The first-order valence-electron chi connectivity index (χ1n) is 7.33. The minimum atomic E-state index is 0.586. The van der Waals surface area contributed by atoms with Gasteiger partial charge >= 0.3 is 0 Å². The second kappa shape index (κ2) is 8.10. The van der Waals surface area contributed by atoms with Gasteiger partial charge < -0.3 is 10.6 Å². The molecular weight excluding hydrogens is 298 g/mol. The van der Waals surface area contributed by atoms with Crippen LogP contribution in [0.3, 0.4) is 0 Å². The molecule has 0 aliphatic carbocycles. The second-order valence-electron chi connectivity index (χ2n) is 4.82. The summed E-state index contributed by atoms with van der Waals surface area (Å²) < 4.78 is 0. The fourth-order valence-electron chi connectivity index (χ4n) is 2.03. The van der Waals surface area contributed by atoms with Crippen molar-refractivity contribution in [2.24, 2.45) is 0 Å². The molecule has 1 aromatic heterocycles. The van der Waals surface area contributed by atoms with Crippen LogP contribution in [0.4, 0.5) is 11.5 Å². The Morgan fingerprint density at radius 1 is 1.24 bits per heavy atom. The van der Waals surface area contributed by atoms with Gasteiger partial charge in [0.2, 0.25) is 0 Å². The molecule has 2 aromatic rings. The third-order valence-electron chi connectivity index (χ3n) is 3.18. The van der Waals surface area contributed by atoms with Crippen LogP contribution in [-0.4, -0.2) is 10.1 Å². The van der Waals surface area contributed by atoms with E-state index in [-0.39, 0.29) is 0 Å². The molecule has 3 nitrogen and oxygen atoms in total. The first-order chi connectivity index (χ1) is 10.2. The molecule has 0 fully saturated rings. The summed E-state index contributed by atoms with van der Waals surface area (Å²) in [7, 11) is 0. The SMILES string of the molecule is CCCCc1nc(NC(=S)Nc2ccccc2CC)cs1. The number of aryl methyl sites for hydroxylation is 2. The number of nitrogens with zero attached hydrogens (tertiary/aromatic N) is 1.